The van der Waals surface area contributed by atoms with Crippen molar-refractivity contribution in [3.63, 3.8) is 0 Å². The molecule has 0 bridgehead atoms. The normalized spacial score (nSPS) is 12.6. The maximum absolute atomic E-state index is 12.2. The monoisotopic (exact) mass is 242 g/mol. The molecule has 90 valence electrons. The second-order valence-corrected chi connectivity index (χ2v) is 3.40. The van der Waals surface area contributed by atoms with E-state index in [4.69, 9.17) is 5.26 Å². The average Bonchev–Trinajstić information content (AvgIpc) is 2.27. The van der Waals surface area contributed by atoms with E-state index in [2.05, 4.69) is 5.32 Å². The summed E-state index contributed by atoms with van der Waals surface area (Å²) in [7, 11) is 0. The van der Waals surface area contributed by atoms with Gasteiger partial charge in [0.25, 0.3) is 5.91 Å². The van der Waals surface area contributed by atoms with E-state index in [0.717, 1.165) is 24.3 Å². The smallest absolute Gasteiger partial charge is 0.337 e. The van der Waals surface area contributed by atoms with Gasteiger partial charge >= 0.3 is 6.18 Å². The Morgan fingerprint density at radius 2 is 1.88 bits per heavy atom. The van der Waals surface area contributed by atoms with Crippen LogP contribution in [0.2, 0.25) is 0 Å². The van der Waals surface area contributed by atoms with Gasteiger partial charge in [-0.2, -0.15) is 18.4 Å². The Bertz CT molecular complexity index is 445. The summed E-state index contributed by atoms with van der Waals surface area (Å²) in [5.74, 6) is -0.576. The Morgan fingerprint density at radius 1 is 1.35 bits per heavy atom. The SMILES string of the molecule is C[C@@H](C#N)NC(=O)c1ccc(C(F)(F)F)cc1. The molecule has 0 spiro atoms. The summed E-state index contributed by atoms with van der Waals surface area (Å²) in [4.78, 5) is 11.4. The summed E-state index contributed by atoms with van der Waals surface area (Å²) >= 11 is 0. The first-order valence-corrected chi connectivity index (χ1v) is 4.72. The lowest BCUT2D eigenvalue weighted by molar-refractivity contribution is -0.137. The van der Waals surface area contributed by atoms with Gasteiger partial charge in [0, 0.05) is 5.56 Å². The number of carbonyl (C=O) groups excluding carboxylic acids is 1. The molecule has 0 aliphatic carbocycles. The van der Waals surface area contributed by atoms with Crippen molar-refractivity contribution in [2.24, 2.45) is 0 Å². The molecule has 0 aromatic heterocycles. The van der Waals surface area contributed by atoms with E-state index in [0.29, 0.717) is 0 Å². The molecule has 0 fully saturated rings. The Hall–Kier alpha value is -2.03. The van der Waals surface area contributed by atoms with Crippen molar-refractivity contribution in [3.05, 3.63) is 35.4 Å². The molecule has 1 rings (SSSR count). The fourth-order valence-electron chi connectivity index (χ4n) is 1.12. The van der Waals surface area contributed by atoms with Crippen molar-refractivity contribution >= 4 is 5.91 Å². The van der Waals surface area contributed by atoms with Crippen LogP contribution in [0.4, 0.5) is 13.2 Å². The van der Waals surface area contributed by atoms with Crippen LogP contribution in [0.25, 0.3) is 0 Å². The van der Waals surface area contributed by atoms with Crippen molar-refractivity contribution in [2.45, 2.75) is 19.1 Å². The van der Waals surface area contributed by atoms with E-state index in [1.807, 2.05) is 0 Å². The summed E-state index contributed by atoms with van der Waals surface area (Å²) in [6, 6.07) is 4.89. The first-order chi connectivity index (χ1) is 7.84. The maximum Gasteiger partial charge on any atom is 0.416 e. The number of rotatable bonds is 2. The molecule has 1 aromatic carbocycles. The van der Waals surface area contributed by atoms with Crippen molar-refractivity contribution < 1.29 is 18.0 Å². The lowest BCUT2D eigenvalue weighted by Crippen LogP contribution is -2.31. The molecule has 1 atom stereocenters. The average molecular weight is 242 g/mol. The Kier molecular flexibility index (Phi) is 3.73. The van der Waals surface area contributed by atoms with E-state index in [1.54, 1.807) is 6.07 Å². The van der Waals surface area contributed by atoms with Crippen LogP contribution in [-0.2, 0) is 6.18 Å². The molecule has 0 radical (unpaired) electrons. The van der Waals surface area contributed by atoms with Gasteiger partial charge in [0.05, 0.1) is 11.6 Å². The number of nitrogens with one attached hydrogen (secondary N) is 1. The summed E-state index contributed by atoms with van der Waals surface area (Å²) in [6.07, 6.45) is -4.42. The third-order valence-electron chi connectivity index (χ3n) is 2.02. The van der Waals surface area contributed by atoms with Gasteiger partial charge in [0.2, 0.25) is 0 Å². The van der Waals surface area contributed by atoms with Gasteiger partial charge in [-0.05, 0) is 31.2 Å². The number of nitriles is 1. The molecule has 0 heterocycles. The molecule has 0 saturated heterocycles. The number of hydrogen-bond donors (Lipinski definition) is 1. The highest BCUT2D eigenvalue weighted by molar-refractivity contribution is 5.94. The number of nitrogens with zero attached hydrogens (tertiary/aromatic N) is 1. The van der Waals surface area contributed by atoms with Gasteiger partial charge in [0.15, 0.2) is 0 Å². The van der Waals surface area contributed by atoms with Crippen LogP contribution in [0.15, 0.2) is 24.3 Å². The first-order valence-electron chi connectivity index (χ1n) is 4.72. The highest BCUT2D eigenvalue weighted by atomic mass is 19.4. The van der Waals surface area contributed by atoms with E-state index >= 15 is 0 Å². The predicted octanol–water partition coefficient (Wildman–Crippen LogP) is 2.35. The van der Waals surface area contributed by atoms with Crippen molar-refractivity contribution in [3.8, 4) is 6.07 Å². The van der Waals surface area contributed by atoms with Gasteiger partial charge in [-0.25, -0.2) is 0 Å². The van der Waals surface area contributed by atoms with Gasteiger partial charge in [0.1, 0.15) is 6.04 Å². The molecule has 17 heavy (non-hydrogen) atoms. The van der Waals surface area contributed by atoms with E-state index in [-0.39, 0.29) is 5.56 Å². The molecule has 1 aromatic rings. The zero-order chi connectivity index (χ0) is 13.1. The quantitative estimate of drug-likeness (QED) is 0.865. The van der Waals surface area contributed by atoms with Crippen molar-refractivity contribution in [1.29, 1.82) is 5.26 Å². The van der Waals surface area contributed by atoms with E-state index in [1.165, 1.54) is 6.92 Å². The summed E-state index contributed by atoms with van der Waals surface area (Å²) in [5, 5.41) is 10.8. The fourth-order valence-corrected chi connectivity index (χ4v) is 1.12. The molecule has 0 unspecified atom stereocenters. The molecular weight excluding hydrogens is 233 g/mol. The van der Waals surface area contributed by atoms with E-state index in [9.17, 15) is 18.0 Å². The molecular formula is C11H9F3N2O. The molecule has 1 N–H and O–H groups in total. The highest BCUT2D eigenvalue weighted by Crippen LogP contribution is 2.28. The molecule has 6 heteroatoms. The molecule has 1 amide bonds. The van der Waals surface area contributed by atoms with E-state index < -0.39 is 23.7 Å². The maximum atomic E-state index is 12.2. The standard InChI is InChI=1S/C11H9F3N2O/c1-7(6-15)16-10(17)8-2-4-9(5-3-8)11(12,13)14/h2-5,7H,1H3,(H,16,17)/t7-/m0/s1. The van der Waals surface area contributed by atoms with Crippen LogP contribution in [0.1, 0.15) is 22.8 Å². The summed E-state index contributed by atoms with van der Waals surface area (Å²) < 4.78 is 36.7. The Labute approximate surface area is 95.9 Å². The van der Waals surface area contributed by atoms with Gasteiger partial charge in [-0.3, -0.25) is 4.79 Å². The predicted molar refractivity (Wildman–Crippen MR) is 54.0 cm³/mol. The Morgan fingerprint density at radius 3 is 2.29 bits per heavy atom. The molecule has 0 saturated carbocycles. The van der Waals surface area contributed by atoms with Crippen LogP contribution in [0.5, 0.6) is 0 Å². The molecule has 0 aliphatic heterocycles. The number of halogens is 3. The van der Waals surface area contributed by atoms with Gasteiger partial charge in [-0.15, -0.1) is 0 Å². The summed E-state index contributed by atoms with van der Waals surface area (Å²) in [6.45, 7) is 1.47. The minimum Gasteiger partial charge on any atom is -0.337 e. The topological polar surface area (TPSA) is 52.9 Å². The van der Waals surface area contributed by atoms with Crippen molar-refractivity contribution in [2.75, 3.05) is 0 Å². The van der Waals surface area contributed by atoms with Gasteiger partial charge in [-0.1, -0.05) is 0 Å². The number of amides is 1. The third-order valence-corrected chi connectivity index (χ3v) is 2.02. The van der Waals surface area contributed by atoms with Crippen molar-refractivity contribution in [1.82, 2.24) is 5.32 Å². The largest absolute Gasteiger partial charge is 0.416 e. The van der Waals surface area contributed by atoms with Crippen LogP contribution in [0.3, 0.4) is 0 Å². The lowest BCUT2D eigenvalue weighted by Gasteiger charge is -2.09. The lowest BCUT2D eigenvalue weighted by atomic mass is 10.1. The number of carbonyl (C=O) groups is 1. The minimum absolute atomic E-state index is 0.0834. The Balaban J connectivity index is 2.82. The zero-order valence-electron chi connectivity index (χ0n) is 8.88. The van der Waals surface area contributed by atoms with Crippen LogP contribution >= 0.6 is 0 Å². The van der Waals surface area contributed by atoms with Crippen LogP contribution < -0.4 is 5.32 Å². The highest BCUT2D eigenvalue weighted by Gasteiger charge is 2.30. The number of benzene rings is 1. The first kappa shape index (κ1) is 13.0. The van der Waals surface area contributed by atoms with Crippen LogP contribution in [0, 0.1) is 11.3 Å². The number of alkyl halides is 3. The third kappa shape index (κ3) is 3.48. The second kappa shape index (κ2) is 4.87. The van der Waals surface area contributed by atoms with Gasteiger partial charge < -0.3 is 5.32 Å². The zero-order valence-corrected chi connectivity index (χ0v) is 8.88. The minimum atomic E-state index is -4.42. The molecule has 3 nitrogen and oxygen atoms in total. The molecule has 0 aliphatic rings. The number of hydrogen-bond acceptors (Lipinski definition) is 2. The summed E-state index contributed by atoms with van der Waals surface area (Å²) in [5.41, 5.74) is -0.734. The van der Waals surface area contributed by atoms with Crippen LogP contribution in [-0.4, -0.2) is 11.9 Å². The fraction of sp³-hybridized carbons (Fsp3) is 0.273. The second-order valence-electron chi connectivity index (χ2n) is 3.40.